The second-order valence-electron chi connectivity index (χ2n) is 5.50. The zero-order valence-electron chi connectivity index (χ0n) is 10.7. The van der Waals surface area contributed by atoms with Crippen LogP contribution in [0.25, 0.3) is 0 Å². The Labute approximate surface area is 108 Å². The average Bonchev–Trinajstić information content (AvgIpc) is 3.24. The quantitative estimate of drug-likeness (QED) is 0.878. The zero-order valence-corrected chi connectivity index (χ0v) is 10.7. The second-order valence-corrected chi connectivity index (χ2v) is 5.50. The standard InChI is InChI=1S/C15H21NO2/c17-11-14-9-16(8-12-4-2-1-3-5-12)10-15(18-14)13-6-7-13/h1-5,13-15,17H,6-11H2/t14-,15-/m0/s1. The molecule has 1 aliphatic carbocycles. The summed E-state index contributed by atoms with van der Waals surface area (Å²) in [5.74, 6) is 0.734. The van der Waals surface area contributed by atoms with Crippen molar-refractivity contribution in [3.05, 3.63) is 35.9 Å². The molecule has 0 aromatic heterocycles. The molecule has 2 fully saturated rings. The first-order chi connectivity index (χ1) is 8.85. The minimum atomic E-state index is -0.00642. The number of rotatable bonds is 4. The summed E-state index contributed by atoms with van der Waals surface area (Å²) < 4.78 is 5.94. The van der Waals surface area contributed by atoms with Gasteiger partial charge in [0.25, 0.3) is 0 Å². The van der Waals surface area contributed by atoms with Gasteiger partial charge < -0.3 is 9.84 Å². The van der Waals surface area contributed by atoms with Gasteiger partial charge in [-0.1, -0.05) is 30.3 Å². The van der Waals surface area contributed by atoms with Gasteiger partial charge in [-0.05, 0) is 24.3 Å². The lowest BCUT2D eigenvalue weighted by Gasteiger charge is -2.37. The molecule has 3 nitrogen and oxygen atoms in total. The number of aliphatic hydroxyl groups excluding tert-OH is 1. The van der Waals surface area contributed by atoms with E-state index in [0.717, 1.165) is 25.6 Å². The van der Waals surface area contributed by atoms with E-state index in [2.05, 4.69) is 29.2 Å². The summed E-state index contributed by atoms with van der Waals surface area (Å²) >= 11 is 0. The topological polar surface area (TPSA) is 32.7 Å². The van der Waals surface area contributed by atoms with Crippen LogP contribution in [0, 0.1) is 5.92 Å². The van der Waals surface area contributed by atoms with E-state index in [1.807, 2.05) is 6.07 Å². The fourth-order valence-electron chi connectivity index (χ4n) is 2.75. The van der Waals surface area contributed by atoms with Gasteiger partial charge in [0, 0.05) is 19.6 Å². The third kappa shape index (κ3) is 2.91. The van der Waals surface area contributed by atoms with Crippen molar-refractivity contribution in [3.8, 4) is 0 Å². The molecule has 0 amide bonds. The van der Waals surface area contributed by atoms with E-state index in [1.54, 1.807) is 0 Å². The van der Waals surface area contributed by atoms with Crippen molar-refractivity contribution in [2.24, 2.45) is 5.92 Å². The summed E-state index contributed by atoms with van der Waals surface area (Å²) in [5, 5.41) is 9.34. The molecule has 18 heavy (non-hydrogen) atoms. The third-order valence-corrected chi connectivity index (χ3v) is 3.87. The molecule has 2 atom stereocenters. The Bertz CT molecular complexity index is 377. The smallest absolute Gasteiger partial charge is 0.0936 e. The van der Waals surface area contributed by atoms with Crippen molar-refractivity contribution in [1.82, 2.24) is 4.90 Å². The van der Waals surface area contributed by atoms with Gasteiger partial charge in [0.05, 0.1) is 18.8 Å². The molecule has 1 saturated carbocycles. The van der Waals surface area contributed by atoms with Crippen LogP contribution in [0.5, 0.6) is 0 Å². The molecule has 1 aromatic rings. The molecule has 1 heterocycles. The summed E-state index contributed by atoms with van der Waals surface area (Å²) in [7, 11) is 0. The summed E-state index contributed by atoms with van der Waals surface area (Å²) in [6.07, 6.45) is 2.91. The fraction of sp³-hybridized carbons (Fsp3) is 0.600. The summed E-state index contributed by atoms with van der Waals surface area (Å²) in [6, 6.07) is 10.5. The Kier molecular flexibility index (Phi) is 3.64. The monoisotopic (exact) mass is 247 g/mol. The first-order valence-electron chi connectivity index (χ1n) is 6.88. The van der Waals surface area contributed by atoms with Gasteiger partial charge in [-0.2, -0.15) is 0 Å². The molecule has 0 radical (unpaired) electrons. The van der Waals surface area contributed by atoms with Crippen LogP contribution in [0.4, 0.5) is 0 Å². The first-order valence-corrected chi connectivity index (χ1v) is 6.88. The van der Waals surface area contributed by atoms with Gasteiger partial charge >= 0.3 is 0 Å². The normalized spacial score (nSPS) is 29.4. The van der Waals surface area contributed by atoms with E-state index >= 15 is 0 Å². The molecule has 98 valence electrons. The van der Waals surface area contributed by atoms with E-state index in [4.69, 9.17) is 4.74 Å². The van der Waals surface area contributed by atoms with E-state index < -0.39 is 0 Å². The molecule has 3 heteroatoms. The van der Waals surface area contributed by atoms with Crippen molar-refractivity contribution in [2.45, 2.75) is 31.6 Å². The highest BCUT2D eigenvalue weighted by atomic mass is 16.5. The molecule has 1 aromatic carbocycles. The highest BCUT2D eigenvalue weighted by Crippen LogP contribution is 2.36. The van der Waals surface area contributed by atoms with Gasteiger partial charge in [0.15, 0.2) is 0 Å². The SMILES string of the molecule is OC[C@@H]1CN(Cc2ccccc2)C[C@@H](C2CC2)O1. The van der Waals surface area contributed by atoms with Gasteiger partial charge in [0.1, 0.15) is 0 Å². The van der Waals surface area contributed by atoms with Crippen LogP contribution in [0.2, 0.25) is 0 Å². The van der Waals surface area contributed by atoms with Crippen LogP contribution in [0.1, 0.15) is 18.4 Å². The Morgan fingerprint density at radius 2 is 1.94 bits per heavy atom. The van der Waals surface area contributed by atoms with E-state index in [1.165, 1.54) is 18.4 Å². The summed E-state index contributed by atoms with van der Waals surface area (Å²) in [5.41, 5.74) is 1.34. The maximum atomic E-state index is 9.34. The number of morpholine rings is 1. The highest BCUT2D eigenvalue weighted by molar-refractivity contribution is 5.14. The van der Waals surface area contributed by atoms with E-state index in [-0.39, 0.29) is 12.7 Å². The van der Waals surface area contributed by atoms with Crippen molar-refractivity contribution >= 4 is 0 Å². The molecule has 0 bridgehead atoms. The maximum absolute atomic E-state index is 9.34. The lowest BCUT2D eigenvalue weighted by atomic mass is 10.1. The molecule has 3 rings (SSSR count). The number of hydrogen-bond donors (Lipinski definition) is 1. The minimum absolute atomic E-state index is 0.00642. The molecular weight excluding hydrogens is 226 g/mol. The number of benzene rings is 1. The van der Waals surface area contributed by atoms with Crippen LogP contribution in [0.15, 0.2) is 30.3 Å². The van der Waals surface area contributed by atoms with E-state index in [0.29, 0.717) is 6.10 Å². The fourth-order valence-corrected chi connectivity index (χ4v) is 2.75. The van der Waals surface area contributed by atoms with Gasteiger partial charge in [-0.3, -0.25) is 4.90 Å². The van der Waals surface area contributed by atoms with Crippen LogP contribution < -0.4 is 0 Å². The Balaban J connectivity index is 1.63. The molecule has 1 N–H and O–H groups in total. The van der Waals surface area contributed by atoms with Crippen LogP contribution in [0.3, 0.4) is 0 Å². The average molecular weight is 247 g/mol. The predicted octanol–water partition coefficient (Wildman–Crippen LogP) is 1.66. The highest BCUT2D eigenvalue weighted by Gasteiger charge is 2.38. The molecule has 0 unspecified atom stereocenters. The van der Waals surface area contributed by atoms with Crippen LogP contribution in [-0.2, 0) is 11.3 Å². The number of aliphatic hydroxyl groups is 1. The van der Waals surface area contributed by atoms with Gasteiger partial charge in [-0.15, -0.1) is 0 Å². The van der Waals surface area contributed by atoms with Crippen molar-refractivity contribution in [1.29, 1.82) is 0 Å². The molecule has 1 saturated heterocycles. The van der Waals surface area contributed by atoms with Crippen LogP contribution in [-0.4, -0.2) is 41.9 Å². The van der Waals surface area contributed by atoms with Crippen molar-refractivity contribution in [3.63, 3.8) is 0 Å². The summed E-state index contributed by atoms with van der Waals surface area (Å²) in [4.78, 5) is 2.42. The number of ether oxygens (including phenoxy) is 1. The van der Waals surface area contributed by atoms with Crippen molar-refractivity contribution < 1.29 is 9.84 Å². The second kappa shape index (κ2) is 5.39. The molecule has 0 spiro atoms. The van der Waals surface area contributed by atoms with Gasteiger partial charge in [0.2, 0.25) is 0 Å². The lowest BCUT2D eigenvalue weighted by molar-refractivity contribution is -0.112. The predicted molar refractivity (Wildman–Crippen MR) is 70.2 cm³/mol. The number of hydrogen-bond acceptors (Lipinski definition) is 3. The minimum Gasteiger partial charge on any atom is -0.394 e. The number of nitrogens with zero attached hydrogens (tertiary/aromatic N) is 1. The third-order valence-electron chi connectivity index (χ3n) is 3.87. The van der Waals surface area contributed by atoms with E-state index in [9.17, 15) is 5.11 Å². The Morgan fingerprint density at radius 3 is 2.61 bits per heavy atom. The largest absolute Gasteiger partial charge is 0.394 e. The zero-order chi connectivity index (χ0) is 12.4. The Morgan fingerprint density at radius 1 is 1.17 bits per heavy atom. The van der Waals surface area contributed by atoms with Crippen molar-refractivity contribution in [2.75, 3.05) is 19.7 Å². The molecule has 1 aliphatic heterocycles. The van der Waals surface area contributed by atoms with Gasteiger partial charge in [-0.25, -0.2) is 0 Å². The van der Waals surface area contributed by atoms with Crippen LogP contribution >= 0.6 is 0 Å². The maximum Gasteiger partial charge on any atom is 0.0936 e. The lowest BCUT2D eigenvalue weighted by Crippen LogP contribution is -2.49. The summed E-state index contributed by atoms with van der Waals surface area (Å²) in [6.45, 7) is 2.95. The molecular formula is C15H21NO2. The first kappa shape index (κ1) is 12.2. The molecule has 2 aliphatic rings. The Hall–Kier alpha value is -0.900.